The van der Waals surface area contributed by atoms with Gasteiger partial charge in [0.1, 0.15) is 0 Å². The molecular formula is C39H36NP2. The van der Waals surface area contributed by atoms with Crippen molar-refractivity contribution in [1.29, 1.82) is 0 Å². The van der Waals surface area contributed by atoms with E-state index in [4.69, 9.17) is 0 Å². The van der Waals surface area contributed by atoms with Crippen LogP contribution in [0.1, 0.15) is 12.5 Å². The van der Waals surface area contributed by atoms with Gasteiger partial charge in [0, 0.05) is 32.2 Å². The highest BCUT2D eigenvalue weighted by molar-refractivity contribution is 7.76. The molecule has 1 aliphatic carbocycles. The second-order valence-corrected chi connectivity index (χ2v) is 14.8. The highest BCUT2D eigenvalue weighted by atomic mass is 31.1. The van der Waals surface area contributed by atoms with Crippen LogP contribution in [0.2, 0.25) is 0 Å². The molecule has 1 saturated carbocycles. The highest BCUT2D eigenvalue weighted by Crippen LogP contribution is 2.58. The highest BCUT2D eigenvalue weighted by Gasteiger charge is 2.43. The van der Waals surface area contributed by atoms with Gasteiger partial charge in [-0.05, 0) is 67.3 Å². The maximum Gasteiger partial charge on any atom is 0.0284 e. The van der Waals surface area contributed by atoms with Crippen LogP contribution in [0.5, 0.6) is 0 Å². The number of hydrogen-bond acceptors (Lipinski definition) is 1. The Morgan fingerprint density at radius 2 is 0.952 bits per heavy atom. The van der Waals surface area contributed by atoms with E-state index in [1.165, 1.54) is 38.4 Å². The van der Waals surface area contributed by atoms with Gasteiger partial charge >= 0.3 is 0 Å². The zero-order chi connectivity index (χ0) is 28.6. The molecule has 1 atom stereocenters. The molecule has 0 aliphatic heterocycles. The Kier molecular flexibility index (Phi) is 9.94. The minimum Gasteiger partial charge on any atom is -0.271 e. The molecule has 0 aromatic heterocycles. The van der Waals surface area contributed by atoms with Crippen molar-refractivity contribution in [2.45, 2.75) is 19.4 Å². The fraction of sp³-hybridized carbons (Fsp3) is 0.103. The fourth-order valence-corrected chi connectivity index (χ4v) is 10.8. The normalized spacial score (nSPS) is 15.0. The molecule has 5 aromatic carbocycles. The third-order valence-electron chi connectivity index (χ3n) is 7.72. The molecule has 0 unspecified atom stereocenters. The molecule has 0 heterocycles. The van der Waals surface area contributed by atoms with E-state index in [0.29, 0.717) is 0 Å². The summed E-state index contributed by atoms with van der Waals surface area (Å²) in [6.45, 7) is 3.40. The van der Waals surface area contributed by atoms with Crippen molar-refractivity contribution in [3.05, 3.63) is 188 Å². The van der Waals surface area contributed by atoms with E-state index in [2.05, 4.69) is 183 Å². The van der Waals surface area contributed by atoms with Crippen molar-refractivity contribution < 1.29 is 0 Å². The zero-order valence-electron chi connectivity index (χ0n) is 24.0. The molecule has 0 amide bonds. The van der Waals surface area contributed by atoms with Crippen LogP contribution in [0.3, 0.4) is 0 Å². The lowest BCUT2D eigenvalue weighted by atomic mass is 9.99. The molecule has 1 aliphatic rings. The number of nitrogens with zero attached hydrogens (tertiary/aromatic N) is 1. The van der Waals surface area contributed by atoms with E-state index in [9.17, 15) is 0 Å². The van der Waals surface area contributed by atoms with Crippen molar-refractivity contribution in [3.63, 3.8) is 0 Å². The largest absolute Gasteiger partial charge is 0.271 e. The predicted octanol–water partition coefficient (Wildman–Crippen LogP) is 7.83. The van der Waals surface area contributed by atoms with E-state index in [-0.39, 0.29) is 6.04 Å². The molecule has 0 saturated heterocycles. The lowest BCUT2D eigenvalue weighted by molar-refractivity contribution is 0.388. The Balaban J connectivity index is 1.40. The second kappa shape index (κ2) is 14.4. The maximum absolute atomic E-state index is 2.79. The van der Waals surface area contributed by atoms with E-state index in [1.54, 1.807) is 0 Å². The first kappa shape index (κ1) is 29.0. The molecular weight excluding hydrogens is 544 g/mol. The lowest BCUT2D eigenvalue weighted by Crippen LogP contribution is -2.41. The summed E-state index contributed by atoms with van der Waals surface area (Å²) in [5, 5.41) is 5.56. The molecule has 0 bridgehead atoms. The molecule has 1 nitrogen and oxygen atoms in total. The fourth-order valence-electron chi connectivity index (χ4n) is 5.66. The quantitative estimate of drug-likeness (QED) is 0.144. The molecule has 3 heteroatoms. The average molecular weight is 581 g/mol. The van der Waals surface area contributed by atoms with Crippen LogP contribution in [-0.2, 0) is 6.42 Å². The maximum atomic E-state index is 2.79. The average Bonchev–Trinajstić information content (AvgIpc) is 3.54. The molecule has 207 valence electrons. The van der Waals surface area contributed by atoms with E-state index in [1.807, 2.05) is 0 Å². The molecule has 42 heavy (non-hydrogen) atoms. The van der Waals surface area contributed by atoms with Gasteiger partial charge in [-0.25, -0.2) is 0 Å². The first-order valence-electron chi connectivity index (χ1n) is 14.7. The van der Waals surface area contributed by atoms with Gasteiger partial charge in [-0.1, -0.05) is 152 Å². The van der Waals surface area contributed by atoms with Crippen LogP contribution >= 0.6 is 16.0 Å². The van der Waals surface area contributed by atoms with Gasteiger partial charge in [-0.2, -0.15) is 0 Å². The zero-order valence-corrected chi connectivity index (χ0v) is 25.8. The second-order valence-electron chi connectivity index (χ2n) is 10.4. The molecule has 6 rings (SSSR count). The standard InChI is InChI=1S/C39H36NP2/c1-32(38-28-17-29-39(38)41(34-20-9-3-10-21-34)35-22-11-4-12-23-35)40(31-30-33-18-7-2-8-19-33)42(36-24-13-5-14-25-36)37-26-15-6-16-27-37/h2-29,32H,30-31H2,1H3/t32-/m1/s1. The van der Waals surface area contributed by atoms with Crippen LogP contribution < -0.4 is 21.2 Å². The van der Waals surface area contributed by atoms with Crippen molar-refractivity contribution in [1.82, 2.24) is 4.67 Å². The molecule has 1 fully saturated rings. The van der Waals surface area contributed by atoms with Crippen molar-refractivity contribution in [2.24, 2.45) is 0 Å². The molecule has 5 radical (unpaired) electrons. The summed E-state index contributed by atoms with van der Waals surface area (Å²) in [6.07, 6.45) is 8.03. The summed E-state index contributed by atoms with van der Waals surface area (Å²) in [4.78, 5) is 0. The van der Waals surface area contributed by atoms with Gasteiger partial charge in [-0.15, -0.1) is 0 Å². The summed E-state index contributed by atoms with van der Waals surface area (Å²) in [7, 11) is -1.44. The number of benzene rings is 5. The van der Waals surface area contributed by atoms with E-state index in [0.717, 1.165) is 13.0 Å². The Hall–Kier alpha value is -3.08. The number of hydrogen-bond donors (Lipinski definition) is 0. The molecule has 0 spiro atoms. The predicted molar refractivity (Wildman–Crippen MR) is 184 cm³/mol. The van der Waals surface area contributed by atoms with E-state index >= 15 is 0 Å². The van der Waals surface area contributed by atoms with Gasteiger partial charge in [0.05, 0.1) is 0 Å². The van der Waals surface area contributed by atoms with Gasteiger partial charge in [-0.3, -0.25) is 4.67 Å². The van der Waals surface area contributed by atoms with Gasteiger partial charge in [0.2, 0.25) is 0 Å². The summed E-state index contributed by atoms with van der Waals surface area (Å²) < 4.78 is 2.79. The summed E-state index contributed by atoms with van der Waals surface area (Å²) >= 11 is 0. The van der Waals surface area contributed by atoms with Crippen LogP contribution in [0.4, 0.5) is 0 Å². The van der Waals surface area contributed by atoms with E-state index < -0.39 is 16.0 Å². The summed E-state index contributed by atoms with van der Waals surface area (Å²) in [5.74, 6) is 1.43. The first-order chi connectivity index (χ1) is 20.8. The Labute approximate surface area is 255 Å². The molecule has 0 N–H and O–H groups in total. The molecule has 5 aromatic rings. The van der Waals surface area contributed by atoms with Crippen LogP contribution in [-0.4, -0.2) is 17.3 Å². The van der Waals surface area contributed by atoms with Gasteiger partial charge in [0.25, 0.3) is 0 Å². The minimum absolute atomic E-state index is 0.225. The minimum atomic E-state index is -0.754. The van der Waals surface area contributed by atoms with Crippen LogP contribution in [0.25, 0.3) is 0 Å². The van der Waals surface area contributed by atoms with Gasteiger partial charge < -0.3 is 0 Å². The third kappa shape index (κ3) is 6.76. The van der Waals surface area contributed by atoms with Crippen molar-refractivity contribution in [3.8, 4) is 0 Å². The Morgan fingerprint density at radius 3 is 1.43 bits per heavy atom. The smallest absolute Gasteiger partial charge is 0.0284 e. The third-order valence-corrected chi connectivity index (χ3v) is 12.9. The summed E-state index contributed by atoms with van der Waals surface area (Å²) in [6, 6.07) is 55.6. The number of rotatable bonds is 11. The first-order valence-corrected chi connectivity index (χ1v) is 17.3. The van der Waals surface area contributed by atoms with Crippen LogP contribution in [0, 0.1) is 30.8 Å². The van der Waals surface area contributed by atoms with Gasteiger partial charge in [0.15, 0.2) is 0 Å². The monoisotopic (exact) mass is 580 g/mol. The van der Waals surface area contributed by atoms with Crippen molar-refractivity contribution >= 4 is 37.2 Å². The van der Waals surface area contributed by atoms with Crippen LogP contribution in [0.15, 0.2) is 152 Å². The van der Waals surface area contributed by atoms with Crippen molar-refractivity contribution in [2.75, 3.05) is 6.54 Å². The Bertz CT molecular complexity index is 1400. The Morgan fingerprint density at radius 1 is 0.524 bits per heavy atom. The lowest BCUT2D eigenvalue weighted by Gasteiger charge is -2.42. The SMILES string of the molecule is C[C@H]([C]1[CH][CH][CH][C]1P(c1ccccc1)c1ccccc1)N(CCc1ccccc1)P(c1ccccc1)c1ccccc1. The topological polar surface area (TPSA) is 3.24 Å². The summed E-state index contributed by atoms with van der Waals surface area (Å²) in [5.41, 5.74) is 2.83.